The van der Waals surface area contributed by atoms with Gasteiger partial charge in [-0.1, -0.05) is 0 Å². The lowest BCUT2D eigenvalue weighted by Crippen LogP contribution is -2.38. The van der Waals surface area contributed by atoms with Crippen LogP contribution >= 0.6 is 11.3 Å². The smallest absolute Gasteiger partial charge is 0.252 e. The van der Waals surface area contributed by atoms with Crippen LogP contribution in [0.25, 0.3) is 0 Å². The molecular formula is C11H17N3O3S2. The number of hydrogen-bond donors (Lipinski definition) is 2. The third-order valence-electron chi connectivity index (χ3n) is 3.47. The van der Waals surface area contributed by atoms with Crippen molar-refractivity contribution in [1.82, 2.24) is 4.31 Å². The molecule has 2 heterocycles. The summed E-state index contributed by atoms with van der Waals surface area (Å²) >= 11 is 1.16. The van der Waals surface area contributed by atoms with Gasteiger partial charge >= 0.3 is 0 Å². The van der Waals surface area contributed by atoms with Crippen LogP contribution in [-0.2, 0) is 21.4 Å². The Morgan fingerprint density at radius 1 is 1.53 bits per heavy atom. The molecule has 0 radical (unpaired) electrons. The quantitative estimate of drug-likeness (QED) is 0.822. The van der Waals surface area contributed by atoms with Gasteiger partial charge in [0.2, 0.25) is 5.91 Å². The largest absolute Gasteiger partial charge is 0.369 e. The second-order valence-corrected chi connectivity index (χ2v) is 8.27. The first-order valence-electron chi connectivity index (χ1n) is 5.88. The van der Waals surface area contributed by atoms with Crippen molar-refractivity contribution in [2.45, 2.75) is 24.1 Å². The van der Waals surface area contributed by atoms with Gasteiger partial charge in [0, 0.05) is 24.5 Å². The molecule has 1 saturated heterocycles. The van der Waals surface area contributed by atoms with E-state index in [4.69, 9.17) is 11.5 Å². The number of nitrogens with zero attached hydrogens (tertiary/aromatic N) is 1. The molecule has 1 aliphatic heterocycles. The highest BCUT2D eigenvalue weighted by Crippen LogP contribution is 2.34. The molecule has 106 valence electrons. The fourth-order valence-electron chi connectivity index (χ4n) is 2.06. The lowest BCUT2D eigenvalue weighted by atomic mass is 9.89. The van der Waals surface area contributed by atoms with Crippen molar-refractivity contribution in [3.63, 3.8) is 0 Å². The first kappa shape index (κ1) is 14.4. The topological polar surface area (TPSA) is 106 Å². The molecule has 0 bridgehead atoms. The highest BCUT2D eigenvalue weighted by molar-refractivity contribution is 7.91. The minimum Gasteiger partial charge on any atom is -0.369 e. The molecule has 1 atom stereocenters. The maximum atomic E-state index is 12.4. The molecule has 0 saturated carbocycles. The number of amides is 1. The molecule has 6 nitrogen and oxygen atoms in total. The van der Waals surface area contributed by atoms with Crippen molar-refractivity contribution in [2.24, 2.45) is 16.9 Å². The van der Waals surface area contributed by atoms with Gasteiger partial charge in [-0.2, -0.15) is 4.31 Å². The molecule has 1 aliphatic rings. The van der Waals surface area contributed by atoms with Crippen molar-refractivity contribution in [3.05, 3.63) is 17.0 Å². The van der Waals surface area contributed by atoms with Crippen molar-refractivity contribution in [3.8, 4) is 0 Å². The van der Waals surface area contributed by atoms with Gasteiger partial charge in [-0.05, 0) is 25.5 Å². The summed E-state index contributed by atoms with van der Waals surface area (Å²) in [5.74, 6) is -0.459. The Kier molecular flexibility index (Phi) is 3.69. The first-order chi connectivity index (χ1) is 8.79. The number of sulfonamides is 1. The minimum absolute atomic E-state index is 0.139. The van der Waals surface area contributed by atoms with Crippen LogP contribution in [-0.4, -0.2) is 31.7 Å². The summed E-state index contributed by atoms with van der Waals surface area (Å²) in [5.41, 5.74) is 10.0. The summed E-state index contributed by atoms with van der Waals surface area (Å²) < 4.78 is 26.4. The van der Waals surface area contributed by atoms with Crippen molar-refractivity contribution in [1.29, 1.82) is 0 Å². The zero-order valence-corrected chi connectivity index (χ0v) is 12.3. The molecule has 0 aromatic carbocycles. The van der Waals surface area contributed by atoms with E-state index in [1.54, 1.807) is 19.1 Å². The Hall–Kier alpha value is -0.960. The fourth-order valence-corrected chi connectivity index (χ4v) is 5.01. The van der Waals surface area contributed by atoms with Gasteiger partial charge in [-0.15, -0.1) is 11.3 Å². The number of primary amides is 1. The standard InChI is InChI=1S/C11H17N3O3S2/c1-11(10(13)15)4-5-14(7-11)19(16,17)9-3-2-8(6-12)18-9/h2-3H,4-7,12H2,1H3,(H2,13,15). The lowest BCUT2D eigenvalue weighted by molar-refractivity contribution is -0.126. The second-order valence-electron chi connectivity index (χ2n) is 4.94. The number of carbonyl (C=O) groups excluding carboxylic acids is 1. The van der Waals surface area contributed by atoms with Crippen molar-refractivity contribution >= 4 is 27.3 Å². The van der Waals surface area contributed by atoms with Crippen LogP contribution in [0.4, 0.5) is 0 Å². The second kappa shape index (κ2) is 4.86. The highest BCUT2D eigenvalue weighted by atomic mass is 32.2. The summed E-state index contributed by atoms with van der Waals surface area (Å²) in [5, 5.41) is 0. The van der Waals surface area contributed by atoms with E-state index >= 15 is 0 Å². The summed E-state index contributed by atoms with van der Waals surface area (Å²) in [7, 11) is -3.54. The molecule has 1 aromatic rings. The third kappa shape index (κ3) is 2.53. The Bertz CT molecular complexity index is 596. The summed E-state index contributed by atoms with van der Waals surface area (Å²) in [6.45, 7) is 2.47. The number of thiophene rings is 1. The van der Waals surface area contributed by atoms with Crippen LogP contribution in [0.5, 0.6) is 0 Å². The van der Waals surface area contributed by atoms with Crippen LogP contribution in [0.2, 0.25) is 0 Å². The Labute approximate surface area is 116 Å². The fraction of sp³-hybridized carbons (Fsp3) is 0.545. The molecule has 19 heavy (non-hydrogen) atoms. The predicted octanol–water partition coefficient (Wildman–Crippen LogP) is 0.0928. The Morgan fingerprint density at radius 2 is 2.21 bits per heavy atom. The monoisotopic (exact) mass is 303 g/mol. The summed E-state index contributed by atoms with van der Waals surface area (Å²) in [4.78, 5) is 12.2. The number of rotatable bonds is 4. The molecule has 1 fully saturated rings. The molecule has 4 N–H and O–H groups in total. The zero-order chi connectivity index (χ0) is 14.3. The van der Waals surface area contributed by atoms with Crippen LogP contribution in [0.1, 0.15) is 18.2 Å². The van der Waals surface area contributed by atoms with E-state index in [1.165, 1.54) is 4.31 Å². The van der Waals surface area contributed by atoms with E-state index in [0.29, 0.717) is 19.5 Å². The van der Waals surface area contributed by atoms with Gasteiger partial charge in [0.25, 0.3) is 10.0 Å². The van der Waals surface area contributed by atoms with Gasteiger partial charge in [0.15, 0.2) is 0 Å². The normalized spacial score (nSPS) is 24.7. The number of hydrogen-bond acceptors (Lipinski definition) is 5. The Balaban J connectivity index is 2.25. The first-order valence-corrected chi connectivity index (χ1v) is 8.14. The van der Waals surface area contributed by atoms with Gasteiger partial charge in [0.1, 0.15) is 4.21 Å². The van der Waals surface area contributed by atoms with Gasteiger partial charge < -0.3 is 11.5 Å². The van der Waals surface area contributed by atoms with Gasteiger partial charge in [-0.25, -0.2) is 8.42 Å². The van der Waals surface area contributed by atoms with E-state index < -0.39 is 21.3 Å². The summed E-state index contributed by atoms with van der Waals surface area (Å²) in [6.07, 6.45) is 0.455. The van der Waals surface area contributed by atoms with Crippen molar-refractivity contribution < 1.29 is 13.2 Å². The van der Waals surface area contributed by atoms with Crippen LogP contribution < -0.4 is 11.5 Å². The predicted molar refractivity (Wildman–Crippen MR) is 72.9 cm³/mol. The number of nitrogens with two attached hydrogens (primary N) is 2. The zero-order valence-electron chi connectivity index (χ0n) is 10.6. The summed E-state index contributed by atoms with van der Waals surface area (Å²) in [6, 6.07) is 3.27. The molecule has 0 spiro atoms. The lowest BCUT2D eigenvalue weighted by Gasteiger charge is -2.20. The highest BCUT2D eigenvalue weighted by Gasteiger charge is 2.43. The van der Waals surface area contributed by atoms with Gasteiger partial charge in [-0.3, -0.25) is 4.79 Å². The van der Waals surface area contributed by atoms with Crippen LogP contribution in [0.3, 0.4) is 0 Å². The van der Waals surface area contributed by atoms with E-state index in [9.17, 15) is 13.2 Å². The van der Waals surface area contributed by atoms with Gasteiger partial charge in [0.05, 0.1) is 5.41 Å². The molecule has 1 aromatic heterocycles. The van der Waals surface area contributed by atoms with E-state index in [2.05, 4.69) is 0 Å². The third-order valence-corrected chi connectivity index (χ3v) is 6.89. The Morgan fingerprint density at radius 3 is 2.68 bits per heavy atom. The number of carbonyl (C=O) groups is 1. The molecule has 1 unspecified atom stereocenters. The van der Waals surface area contributed by atoms with Crippen LogP contribution in [0.15, 0.2) is 16.3 Å². The average molecular weight is 303 g/mol. The SMILES string of the molecule is CC1(C(N)=O)CCN(S(=O)(=O)c2ccc(CN)s2)C1. The van der Waals surface area contributed by atoms with E-state index in [-0.39, 0.29) is 10.8 Å². The van der Waals surface area contributed by atoms with Crippen molar-refractivity contribution in [2.75, 3.05) is 13.1 Å². The molecular weight excluding hydrogens is 286 g/mol. The van der Waals surface area contributed by atoms with E-state index in [1.807, 2.05) is 0 Å². The average Bonchev–Trinajstić information content (AvgIpc) is 2.96. The molecule has 1 amide bonds. The molecule has 0 aliphatic carbocycles. The molecule has 2 rings (SSSR count). The minimum atomic E-state index is -3.54. The van der Waals surface area contributed by atoms with E-state index in [0.717, 1.165) is 16.2 Å². The van der Waals surface area contributed by atoms with Crippen LogP contribution in [0, 0.1) is 5.41 Å². The maximum absolute atomic E-state index is 12.4. The maximum Gasteiger partial charge on any atom is 0.252 e. The molecule has 8 heteroatoms.